The second-order valence-electron chi connectivity index (χ2n) is 8.09. The van der Waals surface area contributed by atoms with Crippen molar-refractivity contribution >= 4 is 23.5 Å². The number of aromatic nitrogens is 1. The van der Waals surface area contributed by atoms with Crippen molar-refractivity contribution in [3.63, 3.8) is 0 Å². The number of nitrogens with zero attached hydrogens (tertiary/aromatic N) is 4. The molecule has 0 spiro atoms. The Balaban J connectivity index is 1.45. The molecule has 3 heterocycles. The highest BCUT2D eigenvalue weighted by Gasteiger charge is 2.32. The molecule has 2 aromatic rings. The van der Waals surface area contributed by atoms with E-state index in [1.54, 1.807) is 11.0 Å². The molecule has 164 valence electrons. The molecule has 0 saturated carbocycles. The fourth-order valence-corrected chi connectivity index (χ4v) is 4.16. The van der Waals surface area contributed by atoms with Crippen LogP contribution in [-0.4, -0.2) is 60.7 Å². The third-order valence-electron chi connectivity index (χ3n) is 5.87. The van der Waals surface area contributed by atoms with Gasteiger partial charge in [0.1, 0.15) is 18.2 Å². The smallest absolute Gasteiger partial charge is 0.414 e. The van der Waals surface area contributed by atoms with Crippen molar-refractivity contribution in [3.8, 4) is 0 Å². The average molecular weight is 426 g/mol. The highest BCUT2D eigenvalue weighted by atomic mass is 19.1. The van der Waals surface area contributed by atoms with E-state index in [9.17, 15) is 14.0 Å². The van der Waals surface area contributed by atoms with E-state index < -0.39 is 11.9 Å². The fourth-order valence-electron chi connectivity index (χ4n) is 4.16. The van der Waals surface area contributed by atoms with E-state index in [0.717, 1.165) is 17.8 Å². The number of carbonyl (C=O) groups excluding carboxylic acids is 2. The molecule has 0 aliphatic carbocycles. The predicted molar refractivity (Wildman–Crippen MR) is 116 cm³/mol. The highest BCUT2D eigenvalue weighted by Crippen LogP contribution is 2.26. The zero-order chi connectivity index (χ0) is 22.1. The number of carbonyl (C=O) groups is 2. The molecule has 4 rings (SSSR count). The zero-order valence-corrected chi connectivity index (χ0v) is 18.1. The molecular weight excluding hydrogens is 399 g/mol. The summed E-state index contributed by atoms with van der Waals surface area (Å²) in [5.74, 6) is -0.0130. The molecule has 2 amide bonds. The SMILES string of the molecule is CCc1cc(C)cnc1N1CCN(C(=O)c2ccc(N3C(=O)OCC3C)cc2F)CC1. The van der Waals surface area contributed by atoms with E-state index in [2.05, 4.69) is 22.9 Å². The minimum Gasteiger partial charge on any atom is -0.447 e. The van der Waals surface area contributed by atoms with E-state index in [1.165, 1.54) is 22.6 Å². The lowest BCUT2D eigenvalue weighted by atomic mass is 10.1. The number of cyclic esters (lactones) is 1. The van der Waals surface area contributed by atoms with Crippen LogP contribution in [0.25, 0.3) is 0 Å². The van der Waals surface area contributed by atoms with Crippen molar-refractivity contribution < 1.29 is 18.7 Å². The van der Waals surface area contributed by atoms with Crippen LogP contribution in [0.15, 0.2) is 30.5 Å². The van der Waals surface area contributed by atoms with Crippen LogP contribution >= 0.6 is 0 Å². The van der Waals surface area contributed by atoms with E-state index in [4.69, 9.17) is 4.74 Å². The summed E-state index contributed by atoms with van der Waals surface area (Å²) in [6.45, 7) is 8.50. The number of piperazine rings is 1. The third kappa shape index (κ3) is 4.06. The predicted octanol–water partition coefficient (Wildman–Crippen LogP) is 3.40. The maximum atomic E-state index is 14.8. The number of amides is 2. The Bertz CT molecular complexity index is 1000. The molecule has 31 heavy (non-hydrogen) atoms. The summed E-state index contributed by atoms with van der Waals surface area (Å²) in [6.07, 6.45) is 2.25. The van der Waals surface area contributed by atoms with Crippen molar-refractivity contribution in [3.05, 3.63) is 53.0 Å². The number of aryl methyl sites for hydroxylation is 2. The van der Waals surface area contributed by atoms with Gasteiger partial charge in [0.05, 0.1) is 17.3 Å². The van der Waals surface area contributed by atoms with Gasteiger partial charge in [0, 0.05) is 32.4 Å². The molecule has 2 aliphatic heterocycles. The summed E-state index contributed by atoms with van der Waals surface area (Å²) in [7, 11) is 0. The van der Waals surface area contributed by atoms with Gasteiger partial charge in [-0.3, -0.25) is 9.69 Å². The van der Waals surface area contributed by atoms with Gasteiger partial charge in [0.25, 0.3) is 5.91 Å². The highest BCUT2D eigenvalue weighted by molar-refractivity contribution is 5.96. The Morgan fingerprint density at radius 1 is 1.23 bits per heavy atom. The molecular formula is C23H27FN4O3. The van der Waals surface area contributed by atoms with E-state index in [-0.39, 0.29) is 24.1 Å². The summed E-state index contributed by atoms with van der Waals surface area (Å²) in [4.78, 5) is 34.7. The van der Waals surface area contributed by atoms with Crippen molar-refractivity contribution in [2.75, 3.05) is 42.6 Å². The normalized spacial score (nSPS) is 19.0. The Kier molecular flexibility index (Phi) is 5.80. The summed E-state index contributed by atoms with van der Waals surface area (Å²) >= 11 is 0. The van der Waals surface area contributed by atoms with Gasteiger partial charge in [-0.05, 0) is 49.6 Å². The first-order valence-electron chi connectivity index (χ1n) is 10.6. The number of rotatable bonds is 4. The van der Waals surface area contributed by atoms with Crippen molar-refractivity contribution in [2.24, 2.45) is 0 Å². The maximum Gasteiger partial charge on any atom is 0.414 e. The van der Waals surface area contributed by atoms with E-state index >= 15 is 0 Å². The minimum absolute atomic E-state index is 0.0140. The van der Waals surface area contributed by atoms with Crippen LogP contribution in [-0.2, 0) is 11.2 Å². The molecule has 0 bridgehead atoms. The molecule has 2 fully saturated rings. The van der Waals surface area contributed by atoms with Crippen molar-refractivity contribution in [2.45, 2.75) is 33.2 Å². The van der Waals surface area contributed by atoms with Crippen LogP contribution in [0, 0.1) is 12.7 Å². The van der Waals surface area contributed by atoms with Crippen molar-refractivity contribution in [1.29, 1.82) is 0 Å². The van der Waals surface area contributed by atoms with Gasteiger partial charge in [0.2, 0.25) is 0 Å². The van der Waals surface area contributed by atoms with Gasteiger partial charge < -0.3 is 14.5 Å². The fraction of sp³-hybridized carbons (Fsp3) is 0.435. The van der Waals surface area contributed by atoms with Crippen LogP contribution < -0.4 is 9.80 Å². The van der Waals surface area contributed by atoms with Gasteiger partial charge in [-0.25, -0.2) is 14.2 Å². The van der Waals surface area contributed by atoms with E-state index in [1.807, 2.05) is 20.0 Å². The van der Waals surface area contributed by atoms with Gasteiger partial charge in [-0.2, -0.15) is 0 Å². The van der Waals surface area contributed by atoms with Gasteiger partial charge in [0.15, 0.2) is 0 Å². The van der Waals surface area contributed by atoms with E-state index in [0.29, 0.717) is 31.9 Å². The summed E-state index contributed by atoms with van der Waals surface area (Å²) in [5.41, 5.74) is 2.73. The van der Waals surface area contributed by atoms with Crippen LogP contribution in [0.4, 0.5) is 20.7 Å². The largest absolute Gasteiger partial charge is 0.447 e. The molecule has 1 aromatic carbocycles. The quantitative estimate of drug-likeness (QED) is 0.750. The maximum absolute atomic E-state index is 14.8. The van der Waals surface area contributed by atoms with Crippen LogP contribution in [0.1, 0.15) is 35.3 Å². The molecule has 7 nitrogen and oxygen atoms in total. The van der Waals surface area contributed by atoms with Gasteiger partial charge >= 0.3 is 6.09 Å². The summed E-state index contributed by atoms with van der Waals surface area (Å²) < 4.78 is 19.8. The van der Waals surface area contributed by atoms with Crippen LogP contribution in [0.3, 0.4) is 0 Å². The number of hydrogen-bond acceptors (Lipinski definition) is 5. The first-order valence-corrected chi connectivity index (χ1v) is 10.6. The Morgan fingerprint density at radius 2 is 1.97 bits per heavy atom. The molecule has 8 heteroatoms. The molecule has 2 saturated heterocycles. The second-order valence-corrected chi connectivity index (χ2v) is 8.09. The first kappa shape index (κ1) is 21.1. The number of hydrogen-bond donors (Lipinski definition) is 0. The van der Waals surface area contributed by atoms with Crippen LogP contribution in [0.2, 0.25) is 0 Å². The van der Waals surface area contributed by atoms with Crippen LogP contribution in [0.5, 0.6) is 0 Å². The number of pyridine rings is 1. The summed E-state index contributed by atoms with van der Waals surface area (Å²) in [6, 6.07) is 6.25. The molecule has 0 N–H and O–H groups in total. The number of anilines is 2. The molecule has 1 atom stereocenters. The average Bonchev–Trinajstić information content (AvgIpc) is 3.11. The zero-order valence-electron chi connectivity index (χ0n) is 18.1. The number of ether oxygens (including phenoxy) is 1. The molecule has 1 aromatic heterocycles. The lowest BCUT2D eigenvalue weighted by Crippen LogP contribution is -2.49. The Morgan fingerprint density at radius 3 is 2.58 bits per heavy atom. The number of benzene rings is 1. The lowest BCUT2D eigenvalue weighted by molar-refractivity contribution is 0.0742. The second kappa shape index (κ2) is 8.53. The molecule has 0 radical (unpaired) electrons. The van der Waals surface area contributed by atoms with Gasteiger partial charge in [-0.15, -0.1) is 0 Å². The summed E-state index contributed by atoms with van der Waals surface area (Å²) in [5, 5.41) is 0. The lowest BCUT2D eigenvalue weighted by Gasteiger charge is -2.36. The number of halogens is 1. The van der Waals surface area contributed by atoms with Crippen molar-refractivity contribution in [1.82, 2.24) is 9.88 Å². The Labute approximate surface area is 181 Å². The third-order valence-corrected chi connectivity index (χ3v) is 5.87. The minimum atomic E-state index is -0.634. The van der Waals surface area contributed by atoms with Gasteiger partial charge in [-0.1, -0.05) is 13.0 Å². The standard InChI is InChI=1S/C23H27FN4O3/c1-4-17-11-15(2)13-25-21(17)26-7-9-27(10-8-26)22(29)19-6-5-18(12-20(19)24)28-16(3)14-31-23(28)30/h5-6,11-13,16H,4,7-10,14H2,1-3H3. The topological polar surface area (TPSA) is 66.0 Å². The molecule has 2 aliphatic rings. The monoisotopic (exact) mass is 426 g/mol. The molecule has 1 unspecified atom stereocenters. The first-order chi connectivity index (χ1) is 14.9. The Hall–Kier alpha value is -3.16.